The highest BCUT2D eigenvalue weighted by Gasteiger charge is 2.22. The minimum Gasteiger partial charge on any atom is -0.256 e. The van der Waals surface area contributed by atoms with Crippen LogP contribution in [0.1, 0.15) is 24.2 Å². The lowest BCUT2D eigenvalue weighted by molar-refractivity contribution is 0.585. The van der Waals surface area contributed by atoms with E-state index in [1.165, 1.54) is 6.26 Å². The molecular weight excluding hydrogens is 424 g/mol. The third-order valence-electron chi connectivity index (χ3n) is 5.44. The average molecular weight is 449 g/mol. The Morgan fingerprint density at radius 1 is 0.935 bits per heavy atom. The molecule has 0 N–H and O–H groups in total. The fourth-order valence-electron chi connectivity index (χ4n) is 3.95. The Labute approximate surface area is 187 Å². The number of nitrogens with zero attached hydrogens (tertiary/aromatic N) is 2. The van der Waals surface area contributed by atoms with E-state index in [4.69, 9.17) is 0 Å². The Morgan fingerprint density at radius 3 is 2.42 bits per heavy atom. The molecule has 0 aliphatic carbocycles. The summed E-state index contributed by atoms with van der Waals surface area (Å²) < 4.78 is 24.8. The normalized spacial score (nSPS) is 12.7. The fraction of sp³-hybridized carbons (Fsp3) is 0.200. The zero-order valence-electron chi connectivity index (χ0n) is 17.7. The number of hydrogen-bond donors (Lipinski definition) is 0. The van der Waals surface area contributed by atoms with E-state index in [2.05, 4.69) is 28.2 Å². The quantitative estimate of drug-likeness (QED) is 0.330. The van der Waals surface area contributed by atoms with Gasteiger partial charge < -0.3 is 0 Å². The van der Waals surface area contributed by atoms with Crippen molar-refractivity contribution in [3.05, 3.63) is 78.6 Å². The molecule has 0 aliphatic rings. The van der Waals surface area contributed by atoms with Gasteiger partial charge in [-0.25, -0.2) is 13.4 Å². The molecule has 0 fully saturated rings. The van der Waals surface area contributed by atoms with E-state index in [9.17, 15) is 8.42 Å². The second kappa shape index (κ2) is 8.81. The predicted octanol–water partition coefficient (Wildman–Crippen LogP) is 6.18. The minimum atomic E-state index is -3.22. The van der Waals surface area contributed by atoms with Crippen LogP contribution < -0.4 is 0 Å². The van der Waals surface area contributed by atoms with Crippen LogP contribution in [0.4, 0.5) is 0 Å². The van der Waals surface area contributed by atoms with Crippen molar-refractivity contribution in [3.63, 3.8) is 0 Å². The number of sulfone groups is 1. The molecule has 2 aromatic heterocycles. The minimum absolute atomic E-state index is 0.525. The molecule has 4 nitrogen and oxygen atoms in total. The Balaban J connectivity index is 1.89. The van der Waals surface area contributed by atoms with Crippen molar-refractivity contribution in [3.8, 4) is 22.3 Å². The van der Waals surface area contributed by atoms with Crippen molar-refractivity contribution < 1.29 is 8.42 Å². The first kappa shape index (κ1) is 21.5. The molecule has 0 aliphatic heterocycles. The van der Waals surface area contributed by atoms with Crippen LogP contribution in [0.5, 0.6) is 0 Å². The SMILES string of the molecule is CCC(c1cc(-c2cccc(-c3ccc(SC)nc3)c2)c2ncccc2c1)S(C)(=O)=O. The largest absolute Gasteiger partial charge is 0.256 e. The van der Waals surface area contributed by atoms with Crippen molar-refractivity contribution in [2.75, 3.05) is 12.5 Å². The van der Waals surface area contributed by atoms with Gasteiger partial charge in [0.05, 0.1) is 15.8 Å². The molecule has 0 bridgehead atoms. The lowest BCUT2D eigenvalue weighted by atomic mass is 9.95. The number of rotatable bonds is 6. The average Bonchev–Trinajstić information content (AvgIpc) is 2.78. The number of thioether (sulfide) groups is 1. The summed E-state index contributed by atoms with van der Waals surface area (Å²) in [5.74, 6) is 0. The van der Waals surface area contributed by atoms with Crippen LogP contribution in [0.15, 0.2) is 78.1 Å². The van der Waals surface area contributed by atoms with E-state index >= 15 is 0 Å². The standard InChI is InChI=1S/C25H24N2O2S2/c1-4-23(31(3,28)29)21-14-19-9-6-12-26-25(19)22(15-21)18-8-5-7-17(13-18)20-10-11-24(30-2)27-16-20/h5-16,23H,4H2,1-3H3. The van der Waals surface area contributed by atoms with E-state index in [0.717, 1.165) is 43.7 Å². The maximum Gasteiger partial charge on any atom is 0.154 e. The molecular formula is C25H24N2O2S2. The Bertz CT molecular complexity index is 1330. The summed E-state index contributed by atoms with van der Waals surface area (Å²) in [7, 11) is -3.22. The summed E-state index contributed by atoms with van der Waals surface area (Å²) in [5.41, 5.74) is 5.70. The number of fused-ring (bicyclic) bond motifs is 1. The van der Waals surface area contributed by atoms with Crippen molar-refractivity contribution in [1.82, 2.24) is 9.97 Å². The van der Waals surface area contributed by atoms with Gasteiger partial charge in [0, 0.05) is 35.2 Å². The molecule has 4 rings (SSSR count). The van der Waals surface area contributed by atoms with Crippen LogP contribution in [0, 0.1) is 0 Å². The van der Waals surface area contributed by atoms with Gasteiger partial charge in [0.25, 0.3) is 0 Å². The first-order valence-electron chi connectivity index (χ1n) is 10.1. The smallest absolute Gasteiger partial charge is 0.154 e. The van der Waals surface area contributed by atoms with Crippen LogP contribution >= 0.6 is 11.8 Å². The van der Waals surface area contributed by atoms with Gasteiger partial charge in [-0.15, -0.1) is 11.8 Å². The van der Waals surface area contributed by atoms with Crippen LogP contribution in [-0.2, 0) is 9.84 Å². The molecule has 0 radical (unpaired) electrons. The van der Waals surface area contributed by atoms with Gasteiger partial charge in [-0.2, -0.15) is 0 Å². The van der Waals surface area contributed by atoms with Gasteiger partial charge in [0.1, 0.15) is 0 Å². The lowest BCUT2D eigenvalue weighted by Gasteiger charge is -2.17. The van der Waals surface area contributed by atoms with E-state index in [1.807, 2.05) is 61.8 Å². The molecule has 6 heteroatoms. The van der Waals surface area contributed by atoms with E-state index in [0.29, 0.717) is 6.42 Å². The van der Waals surface area contributed by atoms with Crippen molar-refractivity contribution in [1.29, 1.82) is 0 Å². The highest BCUT2D eigenvalue weighted by molar-refractivity contribution is 7.98. The van der Waals surface area contributed by atoms with Crippen LogP contribution in [-0.4, -0.2) is 30.9 Å². The first-order chi connectivity index (χ1) is 14.9. The molecule has 4 aromatic rings. The van der Waals surface area contributed by atoms with Crippen LogP contribution in [0.2, 0.25) is 0 Å². The summed E-state index contributed by atoms with van der Waals surface area (Å²) in [6.07, 6.45) is 7.49. The number of benzene rings is 2. The monoisotopic (exact) mass is 448 g/mol. The second-order valence-electron chi connectivity index (χ2n) is 7.54. The van der Waals surface area contributed by atoms with E-state index in [1.54, 1.807) is 18.0 Å². The molecule has 1 unspecified atom stereocenters. The number of hydrogen-bond acceptors (Lipinski definition) is 5. The molecule has 158 valence electrons. The molecule has 0 saturated heterocycles. The zero-order valence-corrected chi connectivity index (χ0v) is 19.4. The molecule has 1 atom stereocenters. The molecule has 2 heterocycles. The predicted molar refractivity (Wildman–Crippen MR) is 130 cm³/mol. The highest BCUT2D eigenvalue weighted by atomic mass is 32.2. The van der Waals surface area contributed by atoms with Gasteiger partial charge >= 0.3 is 0 Å². The molecule has 0 spiro atoms. The third kappa shape index (κ3) is 4.50. The number of pyridine rings is 2. The first-order valence-corrected chi connectivity index (χ1v) is 13.3. The van der Waals surface area contributed by atoms with Crippen molar-refractivity contribution in [2.24, 2.45) is 0 Å². The maximum absolute atomic E-state index is 12.4. The topological polar surface area (TPSA) is 59.9 Å². The number of aromatic nitrogens is 2. The summed E-state index contributed by atoms with van der Waals surface area (Å²) in [5, 5.41) is 1.38. The lowest BCUT2D eigenvalue weighted by Crippen LogP contribution is -2.10. The summed E-state index contributed by atoms with van der Waals surface area (Å²) in [6.45, 7) is 1.91. The van der Waals surface area contributed by atoms with Gasteiger partial charge in [0.15, 0.2) is 9.84 Å². The molecule has 2 aromatic carbocycles. The molecule has 0 amide bonds. The maximum atomic E-state index is 12.4. The highest BCUT2D eigenvalue weighted by Crippen LogP contribution is 2.36. The Hall–Kier alpha value is -2.70. The molecule has 0 saturated carbocycles. The van der Waals surface area contributed by atoms with Gasteiger partial charge in [-0.3, -0.25) is 4.98 Å². The Morgan fingerprint density at radius 2 is 1.74 bits per heavy atom. The fourth-order valence-corrected chi connectivity index (χ4v) is 5.54. The van der Waals surface area contributed by atoms with Crippen LogP contribution in [0.25, 0.3) is 33.2 Å². The summed E-state index contributed by atoms with van der Waals surface area (Å²) in [4.78, 5) is 9.09. The Kier molecular flexibility index (Phi) is 6.12. The van der Waals surface area contributed by atoms with Crippen molar-refractivity contribution in [2.45, 2.75) is 23.6 Å². The third-order valence-corrected chi connectivity index (χ3v) is 7.74. The van der Waals surface area contributed by atoms with Gasteiger partial charge in [-0.1, -0.05) is 37.3 Å². The summed E-state index contributed by atoms with van der Waals surface area (Å²) in [6, 6.07) is 20.1. The van der Waals surface area contributed by atoms with Gasteiger partial charge in [0.2, 0.25) is 0 Å². The van der Waals surface area contributed by atoms with Gasteiger partial charge in [-0.05, 0) is 59.7 Å². The van der Waals surface area contributed by atoms with E-state index in [-0.39, 0.29) is 0 Å². The van der Waals surface area contributed by atoms with Crippen LogP contribution in [0.3, 0.4) is 0 Å². The zero-order chi connectivity index (χ0) is 22.0. The second-order valence-corrected chi connectivity index (χ2v) is 10.6. The van der Waals surface area contributed by atoms with E-state index < -0.39 is 15.1 Å². The van der Waals surface area contributed by atoms with Crippen molar-refractivity contribution >= 4 is 32.5 Å². The molecule has 31 heavy (non-hydrogen) atoms. The summed E-state index contributed by atoms with van der Waals surface area (Å²) >= 11 is 1.61.